The Morgan fingerprint density at radius 2 is 0.545 bits per heavy atom. The Bertz CT molecular complexity index is 2150. The van der Waals surface area contributed by atoms with E-state index >= 15 is 0 Å². The fraction of sp³-hybridized carbons (Fsp3) is 0. The Kier molecular flexibility index (Phi) is 6.90. The summed E-state index contributed by atoms with van der Waals surface area (Å²) in [6.45, 7) is 0. The van der Waals surface area contributed by atoms with Gasteiger partial charge < -0.3 is 0 Å². The molecule has 0 aromatic heterocycles. The van der Waals surface area contributed by atoms with Gasteiger partial charge in [0.2, 0.25) is 0 Å². The fourth-order valence-electron chi connectivity index (χ4n) is 6.79. The van der Waals surface area contributed by atoms with Gasteiger partial charge >= 0.3 is 0 Å². The molecule has 0 fully saturated rings. The number of halogens is 2. The maximum atomic E-state index is 3.84. The third-order valence-electron chi connectivity index (χ3n) is 8.54. The number of fused-ring (bicyclic) bond motifs is 3. The van der Waals surface area contributed by atoms with E-state index < -0.39 is 0 Å². The van der Waals surface area contributed by atoms with Crippen LogP contribution in [0.2, 0.25) is 0 Å². The van der Waals surface area contributed by atoms with Crippen molar-refractivity contribution in [1.29, 1.82) is 0 Å². The van der Waals surface area contributed by atoms with Crippen molar-refractivity contribution in [1.82, 2.24) is 0 Å². The van der Waals surface area contributed by atoms with Crippen LogP contribution in [0.1, 0.15) is 0 Å². The summed E-state index contributed by atoms with van der Waals surface area (Å²) in [5, 5.41) is 7.45. The molecule has 0 aliphatic heterocycles. The quantitative estimate of drug-likeness (QED) is 0.161. The zero-order chi connectivity index (χ0) is 29.6. The zero-order valence-corrected chi connectivity index (χ0v) is 26.9. The molecular formula is C42H26Br2. The minimum atomic E-state index is 1.06. The topological polar surface area (TPSA) is 0 Å². The molecule has 0 radical (unpaired) electrons. The lowest BCUT2D eigenvalue weighted by molar-refractivity contribution is 1.62. The molecular weight excluding hydrogens is 664 g/mol. The van der Waals surface area contributed by atoms with Crippen LogP contribution < -0.4 is 0 Å². The maximum absolute atomic E-state index is 3.84. The van der Waals surface area contributed by atoms with Crippen LogP contribution in [-0.4, -0.2) is 0 Å². The molecule has 0 aliphatic rings. The van der Waals surface area contributed by atoms with Crippen molar-refractivity contribution in [2.24, 2.45) is 0 Å². The fourth-order valence-corrected chi connectivity index (χ4v) is 7.51. The van der Waals surface area contributed by atoms with Crippen molar-refractivity contribution in [2.45, 2.75) is 0 Å². The highest BCUT2D eigenvalue weighted by atomic mass is 79.9. The van der Waals surface area contributed by atoms with Gasteiger partial charge in [-0.25, -0.2) is 0 Å². The highest BCUT2D eigenvalue weighted by Crippen LogP contribution is 2.54. The van der Waals surface area contributed by atoms with E-state index in [1.54, 1.807) is 0 Å². The SMILES string of the molecule is Brc1ccc2c(-c3ccccc3)c3c(-c4ccccc4)c4ccc(Br)cc4c(-c4ccccc4)c3c(-c3ccccc3)c2c1. The van der Waals surface area contributed by atoms with Crippen molar-refractivity contribution in [3.05, 3.63) is 167 Å². The molecule has 44 heavy (non-hydrogen) atoms. The molecule has 0 atom stereocenters. The summed E-state index contributed by atoms with van der Waals surface area (Å²) in [6.07, 6.45) is 0. The summed E-state index contributed by atoms with van der Waals surface area (Å²) in [5.41, 5.74) is 9.81. The van der Waals surface area contributed by atoms with E-state index in [-0.39, 0.29) is 0 Å². The van der Waals surface area contributed by atoms with Gasteiger partial charge in [0.05, 0.1) is 0 Å². The van der Waals surface area contributed by atoms with E-state index in [1.807, 2.05) is 0 Å². The smallest absolute Gasteiger partial charge is 0.0181 e. The molecule has 8 aromatic rings. The summed E-state index contributed by atoms with van der Waals surface area (Å²) in [4.78, 5) is 0. The van der Waals surface area contributed by atoms with Crippen LogP contribution in [-0.2, 0) is 0 Å². The van der Waals surface area contributed by atoms with Crippen LogP contribution in [0.15, 0.2) is 167 Å². The summed E-state index contributed by atoms with van der Waals surface area (Å²) in [5.74, 6) is 0. The van der Waals surface area contributed by atoms with Crippen LogP contribution in [0.5, 0.6) is 0 Å². The molecule has 0 saturated carbocycles. The molecule has 208 valence electrons. The summed E-state index contributed by atoms with van der Waals surface area (Å²) < 4.78 is 2.13. The molecule has 8 rings (SSSR count). The molecule has 0 nitrogen and oxygen atoms in total. The summed E-state index contributed by atoms with van der Waals surface area (Å²) in [7, 11) is 0. The lowest BCUT2D eigenvalue weighted by Gasteiger charge is -2.25. The molecule has 0 N–H and O–H groups in total. The largest absolute Gasteiger partial charge is 0.0622 e. The van der Waals surface area contributed by atoms with Crippen molar-refractivity contribution in [2.75, 3.05) is 0 Å². The lowest BCUT2D eigenvalue weighted by atomic mass is 9.77. The van der Waals surface area contributed by atoms with Gasteiger partial charge in [-0.3, -0.25) is 0 Å². The second-order valence-electron chi connectivity index (χ2n) is 11.1. The second kappa shape index (κ2) is 11.2. The number of rotatable bonds is 4. The first-order valence-corrected chi connectivity index (χ1v) is 16.3. The van der Waals surface area contributed by atoms with Gasteiger partial charge in [0.15, 0.2) is 0 Å². The molecule has 0 amide bonds. The van der Waals surface area contributed by atoms with Crippen molar-refractivity contribution < 1.29 is 0 Å². The van der Waals surface area contributed by atoms with Gasteiger partial charge in [-0.15, -0.1) is 0 Å². The van der Waals surface area contributed by atoms with Gasteiger partial charge in [-0.1, -0.05) is 165 Å². The molecule has 0 saturated heterocycles. The minimum Gasteiger partial charge on any atom is -0.0622 e. The molecule has 0 bridgehead atoms. The first kappa shape index (κ1) is 27.1. The number of benzene rings is 8. The maximum Gasteiger partial charge on any atom is 0.0181 e. The Morgan fingerprint density at radius 1 is 0.273 bits per heavy atom. The standard InChI is InChI=1S/C42H26Br2/c43-31-21-23-33-35(25-31)39(29-17-9-3-10-18-29)42-40(30-19-11-4-12-20-30)36-26-32(44)22-24-34(36)38(28-15-7-2-8-16-28)41(42)37(33)27-13-5-1-6-14-27/h1-26H. The van der Waals surface area contributed by atoms with Crippen LogP contribution in [0.3, 0.4) is 0 Å². The Hall–Kier alpha value is -4.50. The van der Waals surface area contributed by atoms with Gasteiger partial charge in [0.25, 0.3) is 0 Å². The van der Waals surface area contributed by atoms with Crippen molar-refractivity contribution >= 4 is 64.2 Å². The van der Waals surface area contributed by atoms with Crippen molar-refractivity contribution in [3.8, 4) is 44.5 Å². The molecule has 0 aliphatic carbocycles. The predicted octanol–water partition coefficient (Wildman–Crippen LogP) is 13.3. The van der Waals surface area contributed by atoms with E-state index in [0.717, 1.165) is 8.95 Å². The normalized spacial score (nSPS) is 11.4. The number of hydrogen-bond donors (Lipinski definition) is 0. The van der Waals surface area contributed by atoms with Crippen LogP contribution in [0.25, 0.3) is 76.8 Å². The Labute approximate surface area is 273 Å². The third kappa shape index (κ3) is 4.49. The Balaban J connectivity index is 1.79. The van der Waals surface area contributed by atoms with Crippen LogP contribution in [0, 0.1) is 0 Å². The van der Waals surface area contributed by atoms with E-state index in [9.17, 15) is 0 Å². The van der Waals surface area contributed by atoms with E-state index in [2.05, 4.69) is 190 Å². The predicted molar refractivity (Wildman–Crippen MR) is 196 cm³/mol. The average Bonchev–Trinajstić information content (AvgIpc) is 3.07. The van der Waals surface area contributed by atoms with Gasteiger partial charge in [0, 0.05) is 8.95 Å². The van der Waals surface area contributed by atoms with E-state index in [4.69, 9.17) is 0 Å². The highest BCUT2D eigenvalue weighted by molar-refractivity contribution is 9.10. The van der Waals surface area contributed by atoms with E-state index in [0.29, 0.717) is 0 Å². The average molecular weight is 690 g/mol. The summed E-state index contributed by atoms with van der Waals surface area (Å²) >= 11 is 7.68. The van der Waals surface area contributed by atoms with Crippen LogP contribution in [0.4, 0.5) is 0 Å². The van der Waals surface area contributed by atoms with Gasteiger partial charge in [-0.05, 0) is 101 Å². The lowest BCUT2D eigenvalue weighted by Crippen LogP contribution is -1.98. The van der Waals surface area contributed by atoms with Gasteiger partial charge in [0.1, 0.15) is 0 Å². The monoisotopic (exact) mass is 688 g/mol. The van der Waals surface area contributed by atoms with Gasteiger partial charge in [-0.2, -0.15) is 0 Å². The number of hydrogen-bond acceptors (Lipinski definition) is 0. The second-order valence-corrected chi connectivity index (χ2v) is 12.9. The highest BCUT2D eigenvalue weighted by Gasteiger charge is 2.26. The summed E-state index contributed by atoms with van der Waals surface area (Å²) in [6, 6.07) is 57.1. The van der Waals surface area contributed by atoms with E-state index in [1.165, 1.54) is 76.8 Å². The third-order valence-corrected chi connectivity index (χ3v) is 9.53. The molecule has 0 unspecified atom stereocenters. The molecule has 0 spiro atoms. The first-order valence-electron chi connectivity index (χ1n) is 14.7. The molecule has 0 heterocycles. The zero-order valence-electron chi connectivity index (χ0n) is 23.8. The van der Waals surface area contributed by atoms with Crippen molar-refractivity contribution in [3.63, 3.8) is 0 Å². The Morgan fingerprint density at radius 3 is 0.841 bits per heavy atom. The molecule has 8 aromatic carbocycles. The minimum absolute atomic E-state index is 1.06. The first-order chi connectivity index (χ1) is 21.7. The molecule has 2 heteroatoms. The van der Waals surface area contributed by atoms with Crippen LogP contribution >= 0.6 is 31.9 Å².